The van der Waals surface area contributed by atoms with Gasteiger partial charge in [-0.3, -0.25) is 4.98 Å². The third-order valence-corrected chi connectivity index (χ3v) is 5.39. The summed E-state index contributed by atoms with van der Waals surface area (Å²) >= 11 is 0. The second-order valence-electron chi connectivity index (χ2n) is 8.09. The normalized spacial score (nSPS) is 11.0. The Labute approximate surface area is 184 Å². The smallest absolute Gasteiger partial charge is 0.128 e. The maximum atomic E-state index is 6.05. The molecule has 0 saturated carbocycles. The van der Waals surface area contributed by atoms with E-state index < -0.39 is 0 Å². The lowest BCUT2D eigenvalue weighted by Crippen LogP contribution is -2.00. The summed E-state index contributed by atoms with van der Waals surface area (Å²) < 4.78 is 11.8. The monoisotopic (exact) mass is 411 g/mol. The van der Waals surface area contributed by atoms with Gasteiger partial charge in [-0.15, -0.1) is 0 Å². The first kappa shape index (κ1) is 24.4. The number of rotatable bonds is 17. The maximum absolute atomic E-state index is 6.05. The molecule has 0 N–H and O–H groups in total. The van der Waals surface area contributed by atoms with E-state index in [1.54, 1.807) is 0 Å². The molecule has 166 valence electrons. The number of nitrogens with zero attached hydrogens (tertiary/aromatic N) is 1. The zero-order valence-electron chi connectivity index (χ0n) is 19.2. The highest BCUT2D eigenvalue weighted by atomic mass is 16.5. The van der Waals surface area contributed by atoms with Crippen LogP contribution in [0.15, 0.2) is 42.6 Å². The lowest BCUT2D eigenvalue weighted by molar-refractivity contribution is 0.127. The fourth-order valence-corrected chi connectivity index (χ4v) is 3.53. The van der Waals surface area contributed by atoms with Gasteiger partial charge in [-0.05, 0) is 49.4 Å². The fraction of sp³-hybridized carbons (Fsp3) is 0.593. The lowest BCUT2D eigenvalue weighted by Gasteiger charge is -2.11. The van der Waals surface area contributed by atoms with E-state index in [1.165, 1.54) is 56.9 Å². The van der Waals surface area contributed by atoms with E-state index in [9.17, 15) is 0 Å². The predicted molar refractivity (Wildman–Crippen MR) is 127 cm³/mol. The van der Waals surface area contributed by atoms with Gasteiger partial charge in [0.15, 0.2) is 0 Å². The van der Waals surface area contributed by atoms with Crippen molar-refractivity contribution in [3.63, 3.8) is 0 Å². The van der Waals surface area contributed by atoms with Crippen molar-refractivity contribution in [1.29, 1.82) is 0 Å². The molecule has 30 heavy (non-hydrogen) atoms. The predicted octanol–water partition coefficient (Wildman–Crippen LogP) is 7.63. The van der Waals surface area contributed by atoms with Crippen molar-refractivity contribution in [2.75, 3.05) is 19.8 Å². The summed E-state index contributed by atoms with van der Waals surface area (Å²) in [4.78, 5) is 4.70. The lowest BCUT2D eigenvalue weighted by atomic mass is 10.1. The number of aromatic nitrogens is 1. The van der Waals surface area contributed by atoms with Crippen molar-refractivity contribution < 1.29 is 9.47 Å². The number of aryl methyl sites for hydroxylation is 1. The minimum absolute atomic E-state index is 0.772. The van der Waals surface area contributed by atoms with Crippen LogP contribution in [0.1, 0.15) is 83.6 Å². The van der Waals surface area contributed by atoms with Crippen LogP contribution in [-0.4, -0.2) is 24.8 Å². The zero-order chi connectivity index (χ0) is 21.3. The molecule has 3 heteroatoms. The molecule has 2 aromatic rings. The Morgan fingerprint density at radius 1 is 0.700 bits per heavy atom. The highest BCUT2D eigenvalue weighted by molar-refractivity contribution is 5.67. The molecule has 0 aliphatic carbocycles. The molecule has 0 aliphatic rings. The van der Waals surface area contributed by atoms with E-state index in [2.05, 4.69) is 38.1 Å². The van der Waals surface area contributed by atoms with E-state index in [0.29, 0.717) is 0 Å². The molecule has 0 radical (unpaired) electrons. The third kappa shape index (κ3) is 9.75. The first-order valence-electron chi connectivity index (χ1n) is 12.1. The molecule has 1 aromatic carbocycles. The Bertz CT molecular complexity index is 669. The van der Waals surface area contributed by atoms with E-state index in [0.717, 1.165) is 56.1 Å². The molecule has 2 rings (SSSR count). The molecule has 1 aromatic heterocycles. The molecular weight excluding hydrogens is 370 g/mol. The Hall–Kier alpha value is -1.87. The Morgan fingerprint density at radius 2 is 1.40 bits per heavy atom. The Balaban J connectivity index is 1.72. The highest BCUT2D eigenvalue weighted by Crippen LogP contribution is 2.28. The molecule has 0 saturated heterocycles. The van der Waals surface area contributed by atoms with Gasteiger partial charge in [0.1, 0.15) is 5.75 Å². The summed E-state index contributed by atoms with van der Waals surface area (Å²) in [5, 5.41) is 0. The molecule has 0 amide bonds. The van der Waals surface area contributed by atoms with Gasteiger partial charge in [0.05, 0.1) is 12.3 Å². The van der Waals surface area contributed by atoms with Crippen LogP contribution in [0.5, 0.6) is 5.75 Å². The van der Waals surface area contributed by atoms with E-state index in [1.807, 2.05) is 18.3 Å². The topological polar surface area (TPSA) is 31.4 Å². The molecule has 0 spiro atoms. The van der Waals surface area contributed by atoms with Gasteiger partial charge in [-0.2, -0.15) is 0 Å². The van der Waals surface area contributed by atoms with Crippen LogP contribution >= 0.6 is 0 Å². The summed E-state index contributed by atoms with van der Waals surface area (Å²) in [5.74, 6) is 0.932. The molecule has 0 aliphatic heterocycles. The zero-order valence-corrected chi connectivity index (χ0v) is 19.2. The average molecular weight is 412 g/mol. The average Bonchev–Trinajstić information content (AvgIpc) is 2.79. The van der Waals surface area contributed by atoms with Crippen molar-refractivity contribution in [2.24, 2.45) is 0 Å². The first-order chi connectivity index (χ1) is 14.8. The molecule has 0 atom stereocenters. The number of hydrogen-bond donors (Lipinski definition) is 0. The number of pyridine rings is 1. The summed E-state index contributed by atoms with van der Waals surface area (Å²) in [6.07, 6.45) is 15.4. The third-order valence-electron chi connectivity index (χ3n) is 5.39. The number of unbranched alkanes of at least 4 members (excludes halogenated alkanes) is 7. The van der Waals surface area contributed by atoms with Crippen LogP contribution in [0, 0.1) is 0 Å². The Morgan fingerprint density at radius 3 is 2.17 bits per heavy atom. The number of benzene rings is 1. The Kier molecular flexibility index (Phi) is 12.9. The molecule has 0 bridgehead atoms. The van der Waals surface area contributed by atoms with Crippen LogP contribution in [0.4, 0.5) is 0 Å². The minimum atomic E-state index is 0.772. The van der Waals surface area contributed by atoms with Crippen LogP contribution in [0.3, 0.4) is 0 Å². The second-order valence-corrected chi connectivity index (χ2v) is 8.09. The summed E-state index contributed by atoms with van der Waals surface area (Å²) in [6, 6.07) is 12.5. The number of ether oxygens (including phenoxy) is 2. The van der Waals surface area contributed by atoms with Gasteiger partial charge < -0.3 is 9.47 Å². The van der Waals surface area contributed by atoms with E-state index >= 15 is 0 Å². The van der Waals surface area contributed by atoms with Crippen LogP contribution in [-0.2, 0) is 11.2 Å². The maximum Gasteiger partial charge on any atom is 0.128 e. The number of para-hydroxylation sites is 1. The standard InChI is InChI=1S/C27H41NO2/c1-3-5-7-9-12-20-29-21-14-15-24-18-19-26(28-23-24)25-16-10-11-17-27(25)30-22-13-8-6-4-2/h10-11,16-19,23H,3-9,12-15,20-22H2,1-2H3. The van der Waals surface area contributed by atoms with Crippen molar-refractivity contribution in [1.82, 2.24) is 4.98 Å². The van der Waals surface area contributed by atoms with Gasteiger partial charge >= 0.3 is 0 Å². The first-order valence-corrected chi connectivity index (χ1v) is 12.1. The molecular formula is C27H41NO2. The van der Waals surface area contributed by atoms with E-state index in [4.69, 9.17) is 14.5 Å². The van der Waals surface area contributed by atoms with Crippen molar-refractivity contribution in [2.45, 2.75) is 84.5 Å². The van der Waals surface area contributed by atoms with Crippen molar-refractivity contribution >= 4 is 0 Å². The summed E-state index contributed by atoms with van der Waals surface area (Å²) in [7, 11) is 0. The molecule has 0 unspecified atom stereocenters. The molecule has 0 fully saturated rings. The fourth-order valence-electron chi connectivity index (χ4n) is 3.53. The van der Waals surface area contributed by atoms with Crippen LogP contribution in [0.2, 0.25) is 0 Å². The summed E-state index contributed by atoms with van der Waals surface area (Å²) in [6.45, 7) is 6.99. The van der Waals surface area contributed by atoms with Gasteiger partial charge in [0.2, 0.25) is 0 Å². The van der Waals surface area contributed by atoms with Crippen molar-refractivity contribution in [3.05, 3.63) is 48.2 Å². The number of hydrogen-bond acceptors (Lipinski definition) is 3. The van der Waals surface area contributed by atoms with Crippen LogP contribution in [0.25, 0.3) is 11.3 Å². The quantitative estimate of drug-likeness (QED) is 0.251. The van der Waals surface area contributed by atoms with E-state index in [-0.39, 0.29) is 0 Å². The highest BCUT2D eigenvalue weighted by Gasteiger charge is 2.07. The van der Waals surface area contributed by atoms with Gasteiger partial charge in [-0.1, -0.05) is 77.0 Å². The van der Waals surface area contributed by atoms with Crippen molar-refractivity contribution in [3.8, 4) is 17.0 Å². The van der Waals surface area contributed by atoms with Gasteiger partial charge in [0, 0.05) is 25.0 Å². The van der Waals surface area contributed by atoms with Gasteiger partial charge in [0.25, 0.3) is 0 Å². The SMILES string of the molecule is CCCCCCCOCCCc1ccc(-c2ccccc2OCCCCCC)nc1. The summed E-state index contributed by atoms with van der Waals surface area (Å²) in [5.41, 5.74) is 3.32. The van der Waals surface area contributed by atoms with Gasteiger partial charge in [-0.25, -0.2) is 0 Å². The molecule has 1 heterocycles. The second kappa shape index (κ2) is 15.9. The molecule has 3 nitrogen and oxygen atoms in total. The van der Waals surface area contributed by atoms with Crippen LogP contribution < -0.4 is 4.74 Å². The largest absolute Gasteiger partial charge is 0.493 e. The minimum Gasteiger partial charge on any atom is -0.493 e.